The Balaban J connectivity index is 2.11. The Morgan fingerprint density at radius 3 is 2.60 bits per heavy atom. The molecule has 0 aliphatic heterocycles. The van der Waals surface area contributed by atoms with Crippen LogP contribution in [0.4, 0.5) is 17.8 Å². The van der Waals surface area contributed by atoms with Gasteiger partial charge in [0, 0.05) is 20.1 Å². The highest BCUT2D eigenvalue weighted by atomic mass is 15.3. The van der Waals surface area contributed by atoms with E-state index in [4.69, 9.17) is 5.73 Å². The minimum atomic E-state index is 0.193. The molecule has 0 aliphatic rings. The standard InChI is InChI=1S/C11H19N9/c1-4-20(5-2)11-16-9(12)15-10(17-11)13-6-8-14-7-19(3)18-8/h7H,4-6H2,1-3H3,(H3,12,13,15,16,17). The van der Waals surface area contributed by atoms with Crippen molar-refractivity contribution in [2.75, 3.05) is 29.0 Å². The van der Waals surface area contributed by atoms with Crippen molar-refractivity contribution in [3.63, 3.8) is 0 Å². The number of nitrogens with one attached hydrogen (secondary N) is 1. The number of nitrogens with two attached hydrogens (primary N) is 1. The Morgan fingerprint density at radius 1 is 1.25 bits per heavy atom. The van der Waals surface area contributed by atoms with Crippen LogP contribution < -0.4 is 16.0 Å². The van der Waals surface area contributed by atoms with E-state index in [9.17, 15) is 0 Å². The van der Waals surface area contributed by atoms with Crippen LogP contribution in [0.3, 0.4) is 0 Å². The molecule has 108 valence electrons. The predicted octanol–water partition coefficient (Wildman–Crippen LogP) is 0.0406. The molecule has 3 N–H and O–H groups in total. The maximum absolute atomic E-state index is 5.72. The van der Waals surface area contributed by atoms with Crippen LogP contribution in [0.2, 0.25) is 0 Å². The van der Waals surface area contributed by atoms with Gasteiger partial charge in [-0.2, -0.15) is 20.1 Å². The molecule has 0 aromatic carbocycles. The zero-order chi connectivity index (χ0) is 14.5. The highest BCUT2D eigenvalue weighted by molar-refractivity contribution is 5.41. The van der Waals surface area contributed by atoms with Crippen LogP contribution in [0.25, 0.3) is 0 Å². The summed E-state index contributed by atoms with van der Waals surface area (Å²) in [6.07, 6.45) is 1.64. The molecule has 0 aliphatic carbocycles. The lowest BCUT2D eigenvalue weighted by atomic mass is 10.5. The average Bonchev–Trinajstić information content (AvgIpc) is 2.83. The number of aromatic nitrogens is 6. The smallest absolute Gasteiger partial charge is 0.231 e. The molecule has 0 bridgehead atoms. The molecule has 0 radical (unpaired) electrons. The third kappa shape index (κ3) is 3.31. The Bertz CT molecular complexity index is 561. The van der Waals surface area contributed by atoms with Gasteiger partial charge in [-0.15, -0.1) is 0 Å². The molecule has 0 amide bonds. The molecule has 2 aromatic rings. The lowest BCUT2D eigenvalue weighted by Crippen LogP contribution is -2.25. The first-order valence-electron chi connectivity index (χ1n) is 6.47. The van der Waals surface area contributed by atoms with Gasteiger partial charge in [0.15, 0.2) is 5.82 Å². The zero-order valence-corrected chi connectivity index (χ0v) is 11.9. The van der Waals surface area contributed by atoms with Gasteiger partial charge in [-0.05, 0) is 13.8 Å². The normalized spacial score (nSPS) is 10.6. The third-order valence-electron chi connectivity index (χ3n) is 2.74. The van der Waals surface area contributed by atoms with E-state index in [0.717, 1.165) is 13.1 Å². The summed E-state index contributed by atoms with van der Waals surface area (Å²) in [6, 6.07) is 0. The van der Waals surface area contributed by atoms with E-state index in [-0.39, 0.29) is 5.95 Å². The SMILES string of the molecule is CCN(CC)c1nc(N)nc(NCc2ncn(C)n2)n1. The highest BCUT2D eigenvalue weighted by Gasteiger charge is 2.10. The fourth-order valence-corrected chi connectivity index (χ4v) is 1.73. The fourth-order valence-electron chi connectivity index (χ4n) is 1.73. The van der Waals surface area contributed by atoms with Crippen molar-refractivity contribution in [2.24, 2.45) is 7.05 Å². The topological polar surface area (TPSA) is 111 Å². The van der Waals surface area contributed by atoms with Crippen LogP contribution >= 0.6 is 0 Å². The highest BCUT2D eigenvalue weighted by Crippen LogP contribution is 2.11. The number of nitrogens with zero attached hydrogens (tertiary/aromatic N) is 7. The molecule has 9 nitrogen and oxygen atoms in total. The van der Waals surface area contributed by atoms with Crippen molar-refractivity contribution in [3.05, 3.63) is 12.2 Å². The van der Waals surface area contributed by atoms with E-state index < -0.39 is 0 Å². The maximum atomic E-state index is 5.72. The van der Waals surface area contributed by atoms with E-state index in [1.165, 1.54) is 0 Å². The van der Waals surface area contributed by atoms with Crippen LogP contribution in [-0.2, 0) is 13.6 Å². The number of rotatable bonds is 6. The largest absolute Gasteiger partial charge is 0.368 e. The number of hydrogen-bond donors (Lipinski definition) is 2. The minimum Gasteiger partial charge on any atom is -0.368 e. The van der Waals surface area contributed by atoms with Crippen LogP contribution in [0.15, 0.2) is 6.33 Å². The summed E-state index contributed by atoms with van der Waals surface area (Å²) >= 11 is 0. The molecule has 9 heteroatoms. The molecule has 0 fully saturated rings. The predicted molar refractivity (Wildman–Crippen MR) is 76.1 cm³/mol. The summed E-state index contributed by atoms with van der Waals surface area (Å²) in [6.45, 7) is 6.12. The molecule has 2 rings (SSSR count). The van der Waals surface area contributed by atoms with Crippen LogP contribution in [-0.4, -0.2) is 42.8 Å². The summed E-state index contributed by atoms with van der Waals surface area (Å²) < 4.78 is 1.64. The number of anilines is 3. The first-order chi connectivity index (χ1) is 9.62. The Kier molecular flexibility index (Phi) is 4.28. The van der Waals surface area contributed by atoms with Gasteiger partial charge in [0.2, 0.25) is 17.8 Å². The zero-order valence-electron chi connectivity index (χ0n) is 11.9. The quantitative estimate of drug-likeness (QED) is 0.761. The molecule has 20 heavy (non-hydrogen) atoms. The van der Waals surface area contributed by atoms with Gasteiger partial charge in [-0.3, -0.25) is 4.68 Å². The van der Waals surface area contributed by atoms with Gasteiger partial charge in [-0.1, -0.05) is 0 Å². The Hall–Kier alpha value is -2.45. The molecule has 2 aromatic heterocycles. The molecular formula is C11H19N9. The molecule has 0 saturated heterocycles. The minimum absolute atomic E-state index is 0.193. The van der Waals surface area contributed by atoms with Gasteiger partial charge >= 0.3 is 0 Å². The van der Waals surface area contributed by atoms with Crippen molar-refractivity contribution in [1.82, 2.24) is 29.7 Å². The van der Waals surface area contributed by atoms with Crippen LogP contribution in [0, 0.1) is 0 Å². The molecule has 0 spiro atoms. The number of nitrogen functional groups attached to an aromatic ring is 1. The second kappa shape index (κ2) is 6.13. The van der Waals surface area contributed by atoms with Crippen molar-refractivity contribution >= 4 is 17.8 Å². The van der Waals surface area contributed by atoms with E-state index in [1.807, 2.05) is 25.8 Å². The molecular weight excluding hydrogens is 258 g/mol. The molecule has 0 atom stereocenters. The number of aryl methyl sites for hydroxylation is 1. The van der Waals surface area contributed by atoms with Gasteiger partial charge in [0.25, 0.3) is 0 Å². The second-order valence-corrected chi connectivity index (χ2v) is 4.18. The molecule has 0 saturated carbocycles. The first-order valence-corrected chi connectivity index (χ1v) is 6.47. The monoisotopic (exact) mass is 277 g/mol. The van der Waals surface area contributed by atoms with Gasteiger partial charge < -0.3 is 16.0 Å². The van der Waals surface area contributed by atoms with Gasteiger partial charge in [-0.25, -0.2) is 4.98 Å². The van der Waals surface area contributed by atoms with E-state index >= 15 is 0 Å². The third-order valence-corrected chi connectivity index (χ3v) is 2.74. The van der Waals surface area contributed by atoms with Gasteiger partial charge in [0.1, 0.15) is 6.33 Å². The number of hydrogen-bond acceptors (Lipinski definition) is 8. The van der Waals surface area contributed by atoms with E-state index in [2.05, 4.69) is 30.4 Å². The van der Waals surface area contributed by atoms with Crippen molar-refractivity contribution in [2.45, 2.75) is 20.4 Å². The second-order valence-electron chi connectivity index (χ2n) is 4.18. The Morgan fingerprint density at radius 2 is 2.00 bits per heavy atom. The maximum Gasteiger partial charge on any atom is 0.231 e. The lowest BCUT2D eigenvalue weighted by molar-refractivity contribution is 0.746. The first kappa shape index (κ1) is 14.0. The average molecular weight is 277 g/mol. The fraction of sp³-hybridized carbons (Fsp3) is 0.545. The molecule has 2 heterocycles. The van der Waals surface area contributed by atoms with E-state index in [1.54, 1.807) is 11.0 Å². The summed E-state index contributed by atoms with van der Waals surface area (Å²) in [5.74, 6) is 1.85. The summed E-state index contributed by atoms with van der Waals surface area (Å²) in [7, 11) is 1.82. The summed E-state index contributed by atoms with van der Waals surface area (Å²) in [5.41, 5.74) is 5.72. The van der Waals surface area contributed by atoms with Crippen molar-refractivity contribution in [3.8, 4) is 0 Å². The molecule has 0 unspecified atom stereocenters. The van der Waals surface area contributed by atoms with Crippen molar-refractivity contribution in [1.29, 1.82) is 0 Å². The van der Waals surface area contributed by atoms with Crippen LogP contribution in [0.5, 0.6) is 0 Å². The lowest BCUT2D eigenvalue weighted by Gasteiger charge is -2.18. The van der Waals surface area contributed by atoms with Crippen LogP contribution in [0.1, 0.15) is 19.7 Å². The Labute approximate surface area is 117 Å². The van der Waals surface area contributed by atoms with Gasteiger partial charge in [0.05, 0.1) is 6.54 Å². The van der Waals surface area contributed by atoms with Crippen molar-refractivity contribution < 1.29 is 0 Å². The summed E-state index contributed by atoms with van der Waals surface area (Å²) in [4.78, 5) is 18.7. The summed E-state index contributed by atoms with van der Waals surface area (Å²) in [5, 5.41) is 7.22. The van der Waals surface area contributed by atoms with E-state index in [0.29, 0.717) is 24.3 Å².